The maximum Gasteiger partial charge on any atom is 0.269 e. The zero-order valence-electron chi connectivity index (χ0n) is 6.34. The van der Waals surface area contributed by atoms with Crippen molar-refractivity contribution in [3.8, 4) is 0 Å². The first-order valence-corrected chi connectivity index (χ1v) is 3.53. The van der Waals surface area contributed by atoms with E-state index in [4.69, 9.17) is 17.3 Å². The minimum atomic E-state index is -0.342. The first-order valence-electron chi connectivity index (χ1n) is 3.15. The highest BCUT2D eigenvalue weighted by Crippen LogP contribution is 2.06. The second-order valence-corrected chi connectivity index (χ2v) is 2.36. The van der Waals surface area contributed by atoms with Gasteiger partial charge in [0.1, 0.15) is 11.5 Å². The summed E-state index contributed by atoms with van der Waals surface area (Å²) >= 11 is 5.47. The SMILES string of the molecule is CNC(=O)c1cc(N)nc(Cl)n1. The summed E-state index contributed by atoms with van der Waals surface area (Å²) in [5.41, 5.74) is 5.50. The normalized spacial score (nSPS) is 9.50. The van der Waals surface area contributed by atoms with Crippen LogP contribution in [0.25, 0.3) is 0 Å². The largest absolute Gasteiger partial charge is 0.384 e. The summed E-state index contributed by atoms with van der Waals surface area (Å²) in [6.07, 6.45) is 0. The molecular formula is C6H7ClN4O. The molecule has 1 heterocycles. The van der Waals surface area contributed by atoms with E-state index in [1.807, 2.05) is 0 Å². The Bertz CT molecular complexity index is 294. The van der Waals surface area contributed by atoms with Crippen molar-refractivity contribution in [3.05, 3.63) is 17.0 Å². The Morgan fingerprint density at radius 2 is 2.33 bits per heavy atom. The molecule has 0 fully saturated rings. The third kappa shape index (κ3) is 1.82. The molecule has 12 heavy (non-hydrogen) atoms. The lowest BCUT2D eigenvalue weighted by molar-refractivity contribution is 0.0958. The lowest BCUT2D eigenvalue weighted by Gasteiger charge is -1.99. The molecule has 0 saturated carbocycles. The van der Waals surface area contributed by atoms with Crippen LogP contribution in [0.4, 0.5) is 5.82 Å². The van der Waals surface area contributed by atoms with Crippen molar-refractivity contribution in [1.82, 2.24) is 15.3 Å². The number of aromatic nitrogens is 2. The van der Waals surface area contributed by atoms with Gasteiger partial charge in [0, 0.05) is 13.1 Å². The number of rotatable bonds is 1. The van der Waals surface area contributed by atoms with Gasteiger partial charge in [-0.05, 0) is 11.6 Å². The third-order valence-corrected chi connectivity index (χ3v) is 1.35. The summed E-state index contributed by atoms with van der Waals surface area (Å²) in [6, 6.07) is 1.35. The zero-order chi connectivity index (χ0) is 9.14. The van der Waals surface area contributed by atoms with Crippen LogP contribution in [-0.4, -0.2) is 22.9 Å². The third-order valence-electron chi connectivity index (χ3n) is 1.18. The van der Waals surface area contributed by atoms with E-state index in [1.165, 1.54) is 13.1 Å². The van der Waals surface area contributed by atoms with Gasteiger partial charge in [-0.3, -0.25) is 4.79 Å². The zero-order valence-corrected chi connectivity index (χ0v) is 7.09. The van der Waals surface area contributed by atoms with E-state index in [0.717, 1.165) is 0 Å². The van der Waals surface area contributed by atoms with Crippen LogP contribution >= 0.6 is 11.6 Å². The monoisotopic (exact) mass is 186 g/mol. The van der Waals surface area contributed by atoms with Gasteiger partial charge in [-0.15, -0.1) is 0 Å². The van der Waals surface area contributed by atoms with E-state index in [9.17, 15) is 4.79 Å². The Balaban J connectivity index is 3.08. The Morgan fingerprint density at radius 3 is 2.83 bits per heavy atom. The number of halogens is 1. The molecule has 0 saturated heterocycles. The molecule has 1 rings (SSSR count). The van der Waals surface area contributed by atoms with Crippen LogP contribution in [-0.2, 0) is 0 Å². The summed E-state index contributed by atoms with van der Waals surface area (Å²) in [4.78, 5) is 18.3. The maximum atomic E-state index is 11.0. The van der Waals surface area contributed by atoms with Crippen LogP contribution in [0.1, 0.15) is 10.5 Å². The van der Waals surface area contributed by atoms with Gasteiger partial charge in [0.05, 0.1) is 0 Å². The van der Waals surface area contributed by atoms with Crippen LogP contribution in [0.2, 0.25) is 5.28 Å². The fraction of sp³-hybridized carbons (Fsp3) is 0.167. The molecule has 6 heteroatoms. The van der Waals surface area contributed by atoms with Gasteiger partial charge in [-0.25, -0.2) is 9.97 Å². The molecule has 1 amide bonds. The minimum absolute atomic E-state index is 0.0337. The lowest BCUT2D eigenvalue weighted by atomic mass is 10.4. The Kier molecular flexibility index (Phi) is 2.44. The average molecular weight is 187 g/mol. The molecule has 0 aromatic carbocycles. The van der Waals surface area contributed by atoms with Gasteiger partial charge in [0.2, 0.25) is 5.28 Å². The first-order chi connectivity index (χ1) is 5.63. The summed E-state index contributed by atoms with van der Waals surface area (Å²) in [7, 11) is 1.49. The molecule has 0 bridgehead atoms. The van der Waals surface area contributed by atoms with Crippen LogP contribution in [0.15, 0.2) is 6.07 Å². The van der Waals surface area contributed by atoms with E-state index >= 15 is 0 Å². The number of amides is 1. The predicted octanol–water partition coefficient (Wildman–Crippen LogP) is 0.0718. The number of nitrogen functional groups attached to an aromatic ring is 1. The lowest BCUT2D eigenvalue weighted by Crippen LogP contribution is -2.19. The molecule has 1 aromatic heterocycles. The van der Waals surface area contributed by atoms with Crippen LogP contribution < -0.4 is 11.1 Å². The highest BCUT2D eigenvalue weighted by atomic mass is 35.5. The summed E-state index contributed by atoms with van der Waals surface area (Å²) < 4.78 is 0. The Hall–Kier alpha value is -1.36. The molecule has 0 spiro atoms. The number of anilines is 1. The van der Waals surface area contributed by atoms with Crippen molar-refractivity contribution in [2.24, 2.45) is 0 Å². The number of hydrogen-bond acceptors (Lipinski definition) is 4. The van der Waals surface area contributed by atoms with Gasteiger partial charge >= 0.3 is 0 Å². The standard InChI is InChI=1S/C6H7ClN4O/c1-9-5(12)3-2-4(8)11-6(7)10-3/h2H,1H3,(H,9,12)(H2,8,10,11). The Labute approximate surface area is 74.0 Å². The summed E-state index contributed by atoms with van der Waals surface area (Å²) in [6.45, 7) is 0. The summed E-state index contributed by atoms with van der Waals surface area (Å²) in [5, 5.41) is 2.36. The number of nitrogens with one attached hydrogen (secondary N) is 1. The quantitative estimate of drug-likeness (QED) is 0.609. The number of hydrogen-bond donors (Lipinski definition) is 2. The van der Waals surface area contributed by atoms with E-state index < -0.39 is 0 Å². The number of nitrogens with zero attached hydrogens (tertiary/aromatic N) is 2. The summed E-state index contributed by atoms with van der Waals surface area (Å²) in [5.74, 6) is -0.167. The average Bonchev–Trinajstić information content (AvgIpc) is 2.01. The van der Waals surface area contributed by atoms with Gasteiger partial charge < -0.3 is 11.1 Å². The van der Waals surface area contributed by atoms with Crippen molar-refractivity contribution >= 4 is 23.3 Å². The molecule has 5 nitrogen and oxygen atoms in total. The molecule has 0 unspecified atom stereocenters. The van der Waals surface area contributed by atoms with Crippen molar-refractivity contribution in [2.75, 3.05) is 12.8 Å². The van der Waals surface area contributed by atoms with E-state index in [0.29, 0.717) is 0 Å². The number of carbonyl (C=O) groups is 1. The van der Waals surface area contributed by atoms with E-state index in [-0.39, 0.29) is 22.7 Å². The molecule has 0 aliphatic heterocycles. The molecule has 0 aliphatic carbocycles. The van der Waals surface area contributed by atoms with Crippen molar-refractivity contribution in [2.45, 2.75) is 0 Å². The first kappa shape index (κ1) is 8.73. The van der Waals surface area contributed by atoms with Crippen LogP contribution in [0.3, 0.4) is 0 Å². The van der Waals surface area contributed by atoms with E-state index in [2.05, 4.69) is 15.3 Å². The minimum Gasteiger partial charge on any atom is -0.384 e. The van der Waals surface area contributed by atoms with Gasteiger partial charge in [0.15, 0.2) is 0 Å². The smallest absolute Gasteiger partial charge is 0.269 e. The molecule has 64 valence electrons. The highest BCUT2D eigenvalue weighted by molar-refractivity contribution is 6.28. The molecule has 0 radical (unpaired) electrons. The van der Waals surface area contributed by atoms with Gasteiger partial charge in [-0.2, -0.15) is 0 Å². The number of carbonyl (C=O) groups excluding carboxylic acids is 1. The second-order valence-electron chi connectivity index (χ2n) is 2.03. The molecule has 1 aromatic rings. The topological polar surface area (TPSA) is 80.9 Å². The van der Waals surface area contributed by atoms with Crippen LogP contribution in [0, 0.1) is 0 Å². The van der Waals surface area contributed by atoms with Crippen molar-refractivity contribution in [1.29, 1.82) is 0 Å². The second kappa shape index (κ2) is 3.36. The fourth-order valence-electron chi connectivity index (χ4n) is 0.680. The van der Waals surface area contributed by atoms with Gasteiger partial charge in [0.25, 0.3) is 5.91 Å². The molecule has 0 aliphatic rings. The fourth-order valence-corrected chi connectivity index (χ4v) is 0.869. The van der Waals surface area contributed by atoms with E-state index in [1.54, 1.807) is 0 Å². The Morgan fingerprint density at radius 1 is 1.67 bits per heavy atom. The molecule has 0 atom stereocenters. The number of nitrogens with two attached hydrogens (primary N) is 1. The maximum absolute atomic E-state index is 11.0. The highest BCUT2D eigenvalue weighted by Gasteiger charge is 2.07. The van der Waals surface area contributed by atoms with Crippen LogP contribution in [0.5, 0.6) is 0 Å². The predicted molar refractivity (Wildman–Crippen MR) is 44.8 cm³/mol. The molecule has 3 N–H and O–H groups in total. The molecular weight excluding hydrogens is 180 g/mol. The van der Waals surface area contributed by atoms with Crippen molar-refractivity contribution < 1.29 is 4.79 Å². The van der Waals surface area contributed by atoms with Crippen molar-refractivity contribution in [3.63, 3.8) is 0 Å². The van der Waals surface area contributed by atoms with Gasteiger partial charge in [-0.1, -0.05) is 0 Å².